The van der Waals surface area contributed by atoms with E-state index in [0.29, 0.717) is 11.5 Å². The Labute approximate surface area is 176 Å². The van der Waals surface area contributed by atoms with E-state index >= 15 is 0 Å². The van der Waals surface area contributed by atoms with Crippen molar-refractivity contribution in [2.24, 2.45) is 0 Å². The minimum Gasteiger partial charge on any atom is -0.493 e. The number of halogens is 1. The molecule has 0 spiro atoms. The van der Waals surface area contributed by atoms with Crippen LogP contribution in [0.2, 0.25) is 0 Å². The summed E-state index contributed by atoms with van der Waals surface area (Å²) in [4.78, 5) is 15.2. The van der Waals surface area contributed by atoms with Crippen LogP contribution in [0.1, 0.15) is 36.5 Å². The SMILES string of the molecule is COc1cc(C(C)C)c(/C=C/C=O)c(-c2ccc(F)cc2)c1OCc1cccnc1. The third kappa shape index (κ3) is 4.74. The smallest absolute Gasteiger partial charge is 0.170 e. The summed E-state index contributed by atoms with van der Waals surface area (Å²) in [6.45, 7) is 4.42. The minimum atomic E-state index is -0.325. The second-order valence-corrected chi connectivity index (χ2v) is 7.09. The molecule has 0 saturated carbocycles. The van der Waals surface area contributed by atoms with Crippen LogP contribution in [0.3, 0.4) is 0 Å². The molecule has 0 fully saturated rings. The summed E-state index contributed by atoms with van der Waals surface area (Å²) in [6, 6.07) is 11.9. The lowest BCUT2D eigenvalue weighted by Crippen LogP contribution is -2.04. The normalized spacial score (nSPS) is 11.1. The summed E-state index contributed by atoms with van der Waals surface area (Å²) >= 11 is 0. The maximum Gasteiger partial charge on any atom is 0.170 e. The van der Waals surface area contributed by atoms with Gasteiger partial charge >= 0.3 is 0 Å². The molecule has 4 nitrogen and oxygen atoms in total. The zero-order valence-corrected chi connectivity index (χ0v) is 17.3. The van der Waals surface area contributed by atoms with E-state index in [1.807, 2.05) is 18.2 Å². The highest BCUT2D eigenvalue weighted by Gasteiger charge is 2.22. The van der Waals surface area contributed by atoms with Gasteiger partial charge in [0.25, 0.3) is 0 Å². The van der Waals surface area contributed by atoms with Gasteiger partial charge in [0.15, 0.2) is 11.5 Å². The van der Waals surface area contributed by atoms with Crippen LogP contribution in [0.4, 0.5) is 4.39 Å². The lowest BCUT2D eigenvalue weighted by atomic mass is 9.88. The van der Waals surface area contributed by atoms with Gasteiger partial charge in [-0.05, 0) is 52.9 Å². The average Bonchev–Trinajstić information content (AvgIpc) is 2.76. The number of carbonyl (C=O) groups excluding carboxylic acids is 1. The van der Waals surface area contributed by atoms with Gasteiger partial charge in [-0.2, -0.15) is 0 Å². The van der Waals surface area contributed by atoms with E-state index in [2.05, 4.69) is 18.8 Å². The Morgan fingerprint density at radius 1 is 1.17 bits per heavy atom. The number of hydrogen-bond donors (Lipinski definition) is 0. The van der Waals surface area contributed by atoms with Gasteiger partial charge in [-0.3, -0.25) is 9.78 Å². The molecule has 30 heavy (non-hydrogen) atoms. The highest BCUT2D eigenvalue weighted by molar-refractivity contribution is 5.87. The standard InChI is InChI=1S/C25H24FNO3/c1-17(2)22-14-23(29-3)25(30-16-18-6-4-12-27-15-18)24(21(22)7-5-13-28)19-8-10-20(26)11-9-19/h4-15,17H,16H2,1-3H3/b7-5+. The molecule has 154 valence electrons. The van der Waals surface area contributed by atoms with Crippen molar-refractivity contribution >= 4 is 12.4 Å². The van der Waals surface area contributed by atoms with Crippen LogP contribution >= 0.6 is 0 Å². The van der Waals surface area contributed by atoms with Crippen LogP contribution in [0.25, 0.3) is 17.2 Å². The van der Waals surface area contributed by atoms with E-state index in [1.54, 1.807) is 37.7 Å². The topological polar surface area (TPSA) is 48.4 Å². The van der Waals surface area contributed by atoms with Gasteiger partial charge in [-0.25, -0.2) is 4.39 Å². The second kappa shape index (κ2) is 9.83. The van der Waals surface area contributed by atoms with Gasteiger partial charge in [0, 0.05) is 23.5 Å². The number of nitrogens with zero attached hydrogens (tertiary/aromatic N) is 1. The number of methoxy groups -OCH3 is 1. The molecule has 5 heteroatoms. The molecule has 0 amide bonds. The predicted molar refractivity (Wildman–Crippen MR) is 116 cm³/mol. The average molecular weight is 405 g/mol. The lowest BCUT2D eigenvalue weighted by Gasteiger charge is -2.22. The first-order chi connectivity index (χ1) is 14.5. The van der Waals surface area contributed by atoms with E-state index < -0.39 is 0 Å². The van der Waals surface area contributed by atoms with E-state index in [0.717, 1.165) is 34.1 Å². The molecular weight excluding hydrogens is 381 g/mol. The number of allylic oxidation sites excluding steroid dienone is 1. The monoisotopic (exact) mass is 405 g/mol. The molecule has 0 N–H and O–H groups in total. The maximum atomic E-state index is 13.6. The summed E-state index contributed by atoms with van der Waals surface area (Å²) in [7, 11) is 1.59. The number of aldehydes is 1. The Bertz CT molecular complexity index is 1030. The highest BCUT2D eigenvalue weighted by Crippen LogP contribution is 2.45. The van der Waals surface area contributed by atoms with Crippen LogP contribution in [0.15, 0.2) is 60.9 Å². The lowest BCUT2D eigenvalue weighted by molar-refractivity contribution is -0.104. The first kappa shape index (κ1) is 21.2. The summed E-state index contributed by atoms with van der Waals surface area (Å²) in [5.74, 6) is 0.943. The minimum absolute atomic E-state index is 0.164. The Morgan fingerprint density at radius 3 is 2.53 bits per heavy atom. The molecule has 1 heterocycles. The molecule has 0 bridgehead atoms. The van der Waals surface area contributed by atoms with Gasteiger partial charge in [-0.1, -0.05) is 38.1 Å². The van der Waals surface area contributed by atoms with Crippen molar-refractivity contribution in [2.45, 2.75) is 26.4 Å². The van der Waals surface area contributed by atoms with Crippen LogP contribution in [0.5, 0.6) is 11.5 Å². The number of hydrogen-bond acceptors (Lipinski definition) is 4. The molecule has 3 aromatic rings. The molecule has 1 aromatic heterocycles. The molecule has 2 aromatic carbocycles. The largest absolute Gasteiger partial charge is 0.493 e. The molecule has 0 saturated heterocycles. The molecule has 0 aliphatic heterocycles. The molecular formula is C25H24FNO3. The van der Waals surface area contributed by atoms with Crippen molar-refractivity contribution < 1.29 is 18.7 Å². The summed E-state index contributed by atoms with van der Waals surface area (Å²) in [5, 5.41) is 0. The fourth-order valence-electron chi connectivity index (χ4n) is 3.30. The zero-order valence-electron chi connectivity index (χ0n) is 17.3. The first-order valence-corrected chi connectivity index (χ1v) is 9.69. The van der Waals surface area contributed by atoms with Crippen LogP contribution in [0, 0.1) is 5.82 Å². The Hall–Kier alpha value is -3.47. The van der Waals surface area contributed by atoms with Crippen LogP contribution < -0.4 is 9.47 Å². The molecule has 0 radical (unpaired) electrons. The van der Waals surface area contributed by atoms with E-state index in [4.69, 9.17) is 9.47 Å². The van der Waals surface area contributed by atoms with E-state index in [9.17, 15) is 9.18 Å². The third-order valence-electron chi connectivity index (χ3n) is 4.74. The summed E-state index contributed by atoms with van der Waals surface area (Å²) in [5.41, 5.74) is 4.26. The van der Waals surface area contributed by atoms with Gasteiger partial charge in [0.1, 0.15) is 18.7 Å². The number of rotatable bonds is 8. The Balaban J connectivity index is 2.24. The van der Waals surface area contributed by atoms with Crippen molar-refractivity contribution in [3.63, 3.8) is 0 Å². The molecule has 3 rings (SSSR count). The number of benzene rings is 2. The molecule has 0 unspecified atom stereocenters. The van der Waals surface area contributed by atoms with Crippen molar-refractivity contribution in [1.82, 2.24) is 4.98 Å². The fraction of sp³-hybridized carbons (Fsp3) is 0.200. The van der Waals surface area contributed by atoms with Crippen molar-refractivity contribution in [1.29, 1.82) is 0 Å². The Kier molecular flexibility index (Phi) is 6.96. The van der Waals surface area contributed by atoms with Gasteiger partial charge in [-0.15, -0.1) is 0 Å². The number of aromatic nitrogens is 1. The van der Waals surface area contributed by atoms with Crippen molar-refractivity contribution in [3.8, 4) is 22.6 Å². The number of ether oxygens (including phenoxy) is 2. The zero-order chi connectivity index (χ0) is 21.5. The number of pyridine rings is 1. The van der Waals surface area contributed by atoms with Crippen molar-refractivity contribution in [3.05, 3.63) is 83.4 Å². The maximum absolute atomic E-state index is 13.6. The number of carbonyl (C=O) groups is 1. The summed E-state index contributed by atoms with van der Waals surface area (Å²) < 4.78 is 25.5. The molecule has 0 aliphatic carbocycles. The summed E-state index contributed by atoms with van der Waals surface area (Å²) in [6.07, 6.45) is 7.38. The molecule has 0 aliphatic rings. The van der Waals surface area contributed by atoms with Gasteiger partial charge in [0.05, 0.1) is 7.11 Å². The first-order valence-electron chi connectivity index (χ1n) is 9.69. The van der Waals surface area contributed by atoms with Gasteiger partial charge < -0.3 is 9.47 Å². The van der Waals surface area contributed by atoms with Gasteiger partial charge in [0.2, 0.25) is 0 Å². The molecule has 0 atom stereocenters. The Morgan fingerprint density at radius 2 is 1.93 bits per heavy atom. The van der Waals surface area contributed by atoms with Crippen molar-refractivity contribution in [2.75, 3.05) is 7.11 Å². The van der Waals surface area contributed by atoms with E-state index in [1.165, 1.54) is 18.2 Å². The van der Waals surface area contributed by atoms with E-state index in [-0.39, 0.29) is 18.3 Å². The second-order valence-electron chi connectivity index (χ2n) is 7.09. The van der Waals surface area contributed by atoms with Crippen LogP contribution in [-0.2, 0) is 11.4 Å². The highest BCUT2D eigenvalue weighted by atomic mass is 19.1. The van der Waals surface area contributed by atoms with Crippen LogP contribution in [-0.4, -0.2) is 18.4 Å². The quantitative estimate of drug-likeness (QED) is 0.350. The predicted octanol–water partition coefficient (Wildman–Crippen LogP) is 5.81. The fourth-order valence-corrected chi connectivity index (χ4v) is 3.30. The third-order valence-corrected chi connectivity index (χ3v) is 4.74.